The van der Waals surface area contributed by atoms with E-state index in [-0.39, 0.29) is 0 Å². The summed E-state index contributed by atoms with van der Waals surface area (Å²) < 4.78 is 0. The highest BCUT2D eigenvalue weighted by Gasteiger charge is 2.10. The van der Waals surface area contributed by atoms with Crippen LogP contribution in [0.3, 0.4) is 0 Å². The Labute approximate surface area is 87.6 Å². The average molecular weight is 191 g/mol. The van der Waals surface area contributed by atoms with Crippen LogP contribution in [-0.2, 0) is 0 Å². The largest absolute Gasteiger partial charge is 0.258 e. The molecular formula is C13H21N. The maximum Gasteiger partial charge on any atom is 0.0410 e. The molecule has 0 radical (unpaired) electrons. The Balaban J connectivity index is 3.27. The molecule has 0 aliphatic heterocycles. The van der Waals surface area contributed by atoms with Gasteiger partial charge in [-0.2, -0.15) is 0 Å². The van der Waals surface area contributed by atoms with E-state index < -0.39 is 0 Å². The highest BCUT2D eigenvalue weighted by atomic mass is 14.7. The van der Waals surface area contributed by atoms with Crippen LogP contribution in [0.2, 0.25) is 0 Å². The highest BCUT2D eigenvalue weighted by Crippen LogP contribution is 2.25. The highest BCUT2D eigenvalue weighted by molar-refractivity contribution is 5.33. The minimum Gasteiger partial charge on any atom is -0.258 e. The molecule has 0 N–H and O–H groups in total. The Morgan fingerprint density at radius 2 is 1.21 bits per heavy atom. The van der Waals surface area contributed by atoms with Crippen molar-refractivity contribution in [1.82, 2.24) is 4.98 Å². The summed E-state index contributed by atoms with van der Waals surface area (Å²) in [4.78, 5) is 4.62. The molecule has 0 aliphatic rings. The van der Waals surface area contributed by atoms with Crippen LogP contribution in [0.15, 0.2) is 6.07 Å². The molecule has 1 aromatic heterocycles. The molecule has 0 saturated carbocycles. The molecular weight excluding hydrogens is 170 g/mol. The van der Waals surface area contributed by atoms with Gasteiger partial charge in [0, 0.05) is 11.4 Å². The van der Waals surface area contributed by atoms with Gasteiger partial charge in [0.2, 0.25) is 0 Å². The van der Waals surface area contributed by atoms with Crippen LogP contribution in [0.1, 0.15) is 62.0 Å². The predicted molar refractivity (Wildman–Crippen MR) is 61.9 cm³/mol. The first kappa shape index (κ1) is 11.2. The van der Waals surface area contributed by atoms with Gasteiger partial charge in [-0.05, 0) is 36.8 Å². The Bertz CT molecular complexity index is 295. The zero-order chi connectivity index (χ0) is 10.9. The standard InChI is InChI=1S/C13H21N/c1-8(2)12-7-13(9(3)4)11(6)14-10(12)5/h7-9H,1-6H3. The molecule has 78 valence electrons. The lowest BCUT2D eigenvalue weighted by Crippen LogP contribution is -2.03. The Hall–Kier alpha value is -0.850. The maximum atomic E-state index is 4.62. The van der Waals surface area contributed by atoms with Gasteiger partial charge in [0.15, 0.2) is 0 Å². The average Bonchev–Trinajstić information content (AvgIpc) is 2.02. The van der Waals surface area contributed by atoms with Crippen molar-refractivity contribution in [2.24, 2.45) is 0 Å². The van der Waals surface area contributed by atoms with E-state index in [1.807, 2.05) is 0 Å². The topological polar surface area (TPSA) is 12.9 Å². The molecule has 0 atom stereocenters. The SMILES string of the molecule is Cc1nc(C)c(C(C)C)cc1C(C)C. The quantitative estimate of drug-likeness (QED) is 0.690. The fourth-order valence-corrected chi connectivity index (χ4v) is 1.93. The lowest BCUT2D eigenvalue weighted by Gasteiger charge is -2.15. The second-order valence-electron chi connectivity index (χ2n) is 4.65. The third-order valence-electron chi connectivity index (χ3n) is 2.73. The number of hydrogen-bond donors (Lipinski definition) is 0. The summed E-state index contributed by atoms with van der Waals surface area (Å²) in [6, 6.07) is 2.33. The molecule has 14 heavy (non-hydrogen) atoms. The van der Waals surface area contributed by atoms with Crippen molar-refractivity contribution in [3.8, 4) is 0 Å². The summed E-state index contributed by atoms with van der Waals surface area (Å²) in [7, 11) is 0. The third kappa shape index (κ3) is 2.14. The minimum absolute atomic E-state index is 0.570. The molecule has 0 saturated heterocycles. The van der Waals surface area contributed by atoms with Gasteiger partial charge in [0.05, 0.1) is 0 Å². The lowest BCUT2D eigenvalue weighted by molar-refractivity contribution is 0.796. The first-order chi connectivity index (χ1) is 6.43. The van der Waals surface area contributed by atoms with Gasteiger partial charge in [0.25, 0.3) is 0 Å². The van der Waals surface area contributed by atoms with Crippen LogP contribution in [-0.4, -0.2) is 4.98 Å². The van der Waals surface area contributed by atoms with Crippen LogP contribution >= 0.6 is 0 Å². The summed E-state index contributed by atoms with van der Waals surface area (Å²) in [5.74, 6) is 1.14. The Kier molecular flexibility index (Phi) is 3.30. The molecule has 0 aliphatic carbocycles. The van der Waals surface area contributed by atoms with Gasteiger partial charge in [-0.3, -0.25) is 4.98 Å². The fourth-order valence-electron chi connectivity index (χ4n) is 1.93. The maximum absolute atomic E-state index is 4.62. The van der Waals surface area contributed by atoms with Crippen LogP contribution in [0.5, 0.6) is 0 Å². The molecule has 0 spiro atoms. The number of aromatic nitrogens is 1. The van der Waals surface area contributed by atoms with Gasteiger partial charge >= 0.3 is 0 Å². The van der Waals surface area contributed by atoms with Crippen molar-refractivity contribution in [2.45, 2.75) is 53.4 Å². The smallest absolute Gasteiger partial charge is 0.0410 e. The van der Waals surface area contributed by atoms with Gasteiger partial charge < -0.3 is 0 Å². The van der Waals surface area contributed by atoms with Gasteiger partial charge in [0.1, 0.15) is 0 Å². The van der Waals surface area contributed by atoms with E-state index in [9.17, 15) is 0 Å². The van der Waals surface area contributed by atoms with Gasteiger partial charge in [-0.1, -0.05) is 33.8 Å². The zero-order valence-electron chi connectivity index (χ0n) is 10.2. The fraction of sp³-hybridized carbons (Fsp3) is 0.615. The molecule has 1 heteroatoms. The first-order valence-corrected chi connectivity index (χ1v) is 5.41. The number of nitrogens with zero attached hydrogens (tertiary/aromatic N) is 1. The molecule has 1 aromatic rings. The number of aryl methyl sites for hydroxylation is 2. The van der Waals surface area contributed by atoms with Crippen LogP contribution in [0.4, 0.5) is 0 Å². The minimum atomic E-state index is 0.570. The second kappa shape index (κ2) is 4.12. The summed E-state index contributed by atoms with van der Waals surface area (Å²) in [5, 5.41) is 0. The van der Waals surface area contributed by atoms with E-state index in [1.165, 1.54) is 22.5 Å². The van der Waals surface area contributed by atoms with Crippen molar-refractivity contribution in [3.63, 3.8) is 0 Å². The molecule has 0 unspecified atom stereocenters. The van der Waals surface area contributed by atoms with Crippen molar-refractivity contribution in [2.75, 3.05) is 0 Å². The summed E-state index contributed by atoms with van der Waals surface area (Å²) in [6.07, 6.45) is 0. The lowest BCUT2D eigenvalue weighted by atomic mass is 9.94. The summed E-state index contributed by atoms with van der Waals surface area (Å²) >= 11 is 0. The monoisotopic (exact) mass is 191 g/mol. The van der Waals surface area contributed by atoms with Gasteiger partial charge in [-0.15, -0.1) is 0 Å². The van der Waals surface area contributed by atoms with E-state index in [1.54, 1.807) is 0 Å². The van der Waals surface area contributed by atoms with E-state index in [0.717, 1.165) is 0 Å². The predicted octanol–water partition coefficient (Wildman–Crippen LogP) is 3.95. The number of rotatable bonds is 2. The van der Waals surface area contributed by atoms with E-state index in [2.05, 4.69) is 52.6 Å². The summed E-state index contributed by atoms with van der Waals surface area (Å²) in [6.45, 7) is 13.1. The van der Waals surface area contributed by atoms with Crippen molar-refractivity contribution in [1.29, 1.82) is 0 Å². The first-order valence-electron chi connectivity index (χ1n) is 5.41. The number of hydrogen-bond acceptors (Lipinski definition) is 1. The van der Waals surface area contributed by atoms with Crippen LogP contribution < -0.4 is 0 Å². The van der Waals surface area contributed by atoms with E-state index in [0.29, 0.717) is 11.8 Å². The molecule has 0 fully saturated rings. The molecule has 0 bridgehead atoms. The van der Waals surface area contributed by atoms with Crippen molar-refractivity contribution < 1.29 is 0 Å². The van der Waals surface area contributed by atoms with Crippen molar-refractivity contribution >= 4 is 0 Å². The number of pyridine rings is 1. The Morgan fingerprint density at radius 1 is 0.857 bits per heavy atom. The molecule has 1 rings (SSSR count). The van der Waals surface area contributed by atoms with Gasteiger partial charge in [-0.25, -0.2) is 0 Å². The molecule has 1 nitrogen and oxygen atoms in total. The summed E-state index contributed by atoms with van der Waals surface area (Å²) in [5.41, 5.74) is 5.14. The van der Waals surface area contributed by atoms with E-state index >= 15 is 0 Å². The Morgan fingerprint density at radius 3 is 1.50 bits per heavy atom. The van der Waals surface area contributed by atoms with Crippen LogP contribution in [0.25, 0.3) is 0 Å². The molecule has 0 amide bonds. The zero-order valence-corrected chi connectivity index (χ0v) is 10.2. The van der Waals surface area contributed by atoms with E-state index in [4.69, 9.17) is 0 Å². The molecule has 0 aromatic carbocycles. The van der Waals surface area contributed by atoms with Crippen LogP contribution in [0, 0.1) is 13.8 Å². The normalized spacial score (nSPS) is 11.4. The molecule has 1 heterocycles. The second-order valence-corrected chi connectivity index (χ2v) is 4.65. The van der Waals surface area contributed by atoms with Crippen molar-refractivity contribution in [3.05, 3.63) is 28.6 Å². The third-order valence-corrected chi connectivity index (χ3v) is 2.73.